The van der Waals surface area contributed by atoms with Crippen LogP contribution < -0.4 is 0 Å². The molecule has 0 spiro atoms. The molecule has 1 aliphatic rings. The fourth-order valence-electron chi connectivity index (χ4n) is 2.32. The Hall–Kier alpha value is -1.20. The van der Waals surface area contributed by atoms with E-state index in [1.165, 1.54) is 13.8 Å². The van der Waals surface area contributed by atoms with Crippen LogP contribution in [0.25, 0.3) is 0 Å². The summed E-state index contributed by atoms with van der Waals surface area (Å²) in [7, 11) is 0. The molecule has 0 aromatic rings. The predicted octanol–water partition coefficient (Wildman–Crippen LogP) is 2.02. The highest BCUT2D eigenvalue weighted by molar-refractivity contribution is 4.96. The maximum atomic E-state index is 11.1. The van der Waals surface area contributed by atoms with E-state index in [0.717, 1.165) is 6.42 Å². The highest BCUT2D eigenvalue weighted by atomic mass is 16.6. The smallest absolute Gasteiger partial charge is 0.264 e. The normalized spacial score (nSPS) is 20.9. The zero-order valence-electron chi connectivity index (χ0n) is 9.06. The zero-order chi connectivity index (χ0) is 11.7. The molecule has 0 heterocycles. The highest BCUT2D eigenvalue weighted by Crippen LogP contribution is 2.40. The van der Waals surface area contributed by atoms with Crippen molar-refractivity contribution in [2.45, 2.75) is 57.0 Å². The lowest BCUT2D eigenvalue weighted by Gasteiger charge is -2.35. The van der Waals surface area contributed by atoms with Crippen molar-refractivity contribution in [3.05, 3.63) is 20.2 Å². The van der Waals surface area contributed by atoms with E-state index >= 15 is 0 Å². The van der Waals surface area contributed by atoms with E-state index in [2.05, 4.69) is 0 Å². The molecule has 1 rings (SSSR count). The first-order valence-electron chi connectivity index (χ1n) is 5.13. The quantitative estimate of drug-likeness (QED) is 0.533. The lowest BCUT2D eigenvalue weighted by molar-refractivity contribution is -0.683. The van der Waals surface area contributed by atoms with Crippen molar-refractivity contribution in [1.29, 1.82) is 0 Å². The summed E-state index contributed by atoms with van der Waals surface area (Å²) < 4.78 is 0. The third-order valence-corrected chi connectivity index (χ3v) is 3.63. The number of hydrogen-bond donors (Lipinski definition) is 0. The lowest BCUT2D eigenvalue weighted by atomic mass is 9.70. The van der Waals surface area contributed by atoms with Gasteiger partial charge in [0.2, 0.25) is 0 Å². The molecule has 1 aliphatic carbocycles. The van der Waals surface area contributed by atoms with Crippen molar-refractivity contribution in [2.24, 2.45) is 0 Å². The molecule has 86 valence electrons. The molecule has 0 saturated heterocycles. The van der Waals surface area contributed by atoms with Crippen LogP contribution in [0.2, 0.25) is 0 Å². The van der Waals surface area contributed by atoms with Gasteiger partial charge in [-0.1, -0.05) is 6.42 Å². The largest absolute Gasteiger partial charge is 0.289 e. The minimum Gasteiger partial charge on any atom is -0.264 e. The SMILES string of the molecule is CC(C)([N+](=O)[O-])C1([N+](=O)[O-])CCCCC1. The van der Waals surface area contributed by atoms with Gasteiger partial charge in [0.25, 0.3) is 11.1 Å². The van der Waals surface area contributed by atoms with Crippen LogP contribution in [0.1, 0.15) is 46.0 Å². The molecule has 0 bridgehead atoms. The zero-order valence-corrected chi connectivity index (χ0v) is 9.06. The summed E-state index contributed by atoms with van der Waals surface area (Å²) in [5.41, 5.74) is -2.87. The summed E-state index contributed by atoms with van der Waals surface area (Å²) in [5.74, 6) is 0. The van der Waals surface area contributed by atoms with Crippen LogP contribution in [0, 0.1) is 20.2 Å². The molecule has 1 fully saturated rings. The van der Waals surface area contributed by atoms with E-state index in [0.29, 0.717) is 25.7 Å². The van der Waals surface area contributed by atoms with E-state index in [9.17, 15) is 20.2 Å². The summed E-state index contributed by atoms with van der Waals surface area (Å²) in [6.07, 6.45) is 2.97. The van der Waals surface area contributed by atoms with Crippen molar-refractivity contribution in [1.82, 2.24) is 0 Å². The molecular formula is C9H16N2O4. The molecule has 0 N–H and O–H groups in total. The van der Waals surface area contributed by atoms with E-state index in [4.69, 9.17) is 0 Å². The van der Waals surface area contributed by atoms with Crippen LogP contribution in [0.5, 0.6) is 0 Å². The molecule has 0 unspecified atom stereocenters. The minimum absolute atomic E-state index is 0.313. The molecule has 0 aliphatic heterocycles. The Morgan fingerprint density at radius 1 is 1.07 bits per heavy atom. The number of nitro groups is 2. The fraction of sp³-hybridized carbons (Fsp3) is 1.00. The Morgan fingerprint density at radius 3 is 1.87 bits per heavy atom. The summed E-state index contributed by atoms with van der Waals surface area (Å²) >= 11 is 0. The Morgan fingerprint density at radius 2 is 1.53 bits per heavy atom. The summed E-state index contributed by atoms with van der Waals surface area (Å²) in [6.45, 7) is 2.72. The summed E-state index contributed by atoms with van der Waals surface area (Å²) in [4.78, 5) is 21.1. The molecule has 15 heavy (non-hydrogen) atoms. The predicted molar refractivity (Wildman–Crippen MR) is 53.9 cm³/mol. The van der Waals surface area contributed by atoms with Crippen LogP contribution in [-0.4, -0.2) is 20.9 Å². The molecule has 0 amide bonds. The number of nitrogens with zero attached hydrogens (tertiary/aromatic N) is 2. The van der Waals surface area contributed by atoms with Crippen LogP contribution in [0.4, 0.5) is 0 Å². The van der Waals surface area contributed by atoms with Crippen LogP contribution in [0.15, 0.2) is 0 Å². The van der Waals surface area contributed by atoms with Gasteiger partial charge < -0.3 is 0 Å². The molecule has 0 aromatic heterocycles. The maximum absolute atomic E-state index is 11.1. The Kier molecular flexibility index (Phi) is 2.97. The number of hydrogen-bond acceptors (Lipinski definition) is 4. The summed E-state index contributed by atoms with van der Waals surface area (Å²) in [5, 5.41) is 22.1. The summed E-state index contributed by atoms with van der Waals surface area (Å²) in [6, 6.07) is 0. The fourth-order valence-corrected chi connectivity index (χ4v) is 2.32. The molecule has 6 nitrogen and oxygen atoms in total. The molecule has 0 aromatic carbocycles. The first kappa shape index (κ1) is 11.9. The van der Waals surface area contributed by atoms with E-state index in [1.807, 2.05) is 0 Å². The first-order valence-corrected chi connectivity index (χ1v) is 5.13. The first-order chi connectivity index (χ1) is 6.84. The van der Waals surface area contributed by atoms with Crippen molar-refractivity contribution < 1.29 is 9.85 Å². The van der Waals surface area contributed by atoms with Crippen LogP contribution in [-0.2, 0) is 0 Å². The van der Waals surface area contributed by atoms with E-state index in [-0.39, 0.29) is 0 Å². The van der Waals surface area contributed by atoms with Gasteiger partial charge in [-0.15, -0.1) is 0 Å². The second-order valence-corrected chi connectivity index (χ2v) is 4.67. The maximum Gasteiger partial charge on any atom is 0.289 e. The average molecular weight is 216 g/mol. The van der Waals surface area contributed by atoms with Gasteiger partial charge in [-0.2, -0.15) is 0 Å². The van der Waals surface area contributed by atoms with Crippen molar-refractivity contribution in [2.75, 3.05) is 0 Å². The second-order valence-electron chi connectivity index (χ2n) is 4.67. The Balaban J connectivity index is 3.10. The average Bonchev–Trinajstić information content (AvgIpc) is 2.18. The molecule has 0 atom stereocenters. The van der Waals surface area contributed by atoms with Gasteiger partial charge >= 0.3 is 0 Å². The van der Waals surface area contributed by atoms with Crippen LogP contribution >= 0.6 is 0 Å². The highest BCUT2D eigenvalue weighted by Gasteiger charge is 2.64. The van der Waals surface area contributed by atoms with Gasteiger partial charge in [0.1, 0.15) is 0 Å². The van der Waals surface area contributed by atoms with E-state index in [1.54, 1.807) is 0 Å². The van der Waals surface area contributed by atoms with Crippen LogP contribution in [0.3, 0.4) is 0 Å². The van der Waals surface area contributed by atoms with Gasteiger partial charge in [0.05, 0.1) is 0 Å². The van der Waals surface area contributed by atoms with Crippen molar-refractivity contribution in [3.8, 4) is 0 Å². The van der Waals surface area contributed by atoms with Gasteiger partial charge in [-0.3, -0.25) is 20.2 Å². The second kappa shape index (κ2) is 3.75. The lowest BCUT2D eigenvalue weighted by Crippen LogP contribution is -2.60. The molecular weight excluding hydrogens is 200 g/mol. The third kappa shape index (κ3) is 1.68. The van der Waals surface area contributed by atoms with Crippen molar-refractivity contribution in [3.63, 3.8) is 0 Å². The monoisotopic (exact) mass is 216 g/mol. The Labute approximate surface area is 88.0 Å². The molecule has 6 heteroatoms. The van der Waals surface area contributed by atoms with Gasteiger partial charge in [0.15, 0.2) is 0 Å². The number of rotatable bonds is 3. The topological polar surface area (TPSA) is 86.3 Å². The van der Waals surface area contributed by atoms with Gasteiger partial charge in [0, 0.05) is 36.5 Å². The van der Waals surface area contributed by atoms with Gasteiger partial charge in [-0.25, -0.2) is 0 Å². The van der Waals surface area contributed by atoms with Gasteiger partial charge in [-0.05, 0) is 12.8 Å². The Bertz CT molecular complexity index is 282. The van der Waals surface area contributed by atoms with E-state index < -0.39 is 20.9 Å². The minimum atomic E-state index is -1.49. The molecule has 0 radical (unpaired) electrons. The van der Waals surface area contributed by atoms with Crippen molar-refractivity contribution >= 4 is 0 Å². The standard InChI is InChI=1S/C9H16N2O4/c1-8(2,10(12)13)9(11(14)15)6-4-3-5-7-9/h3-7H2,1-2H3. The molecule has 1 saturated carbocycles. The third-order valence-electron chi connectivity index (χ3n) is 3.63.